The van der Waals surface area contributed by atoms with E-state index in [9.17, 15) is 9.18 Å². The fourth-order valence-electron chi connectivity index (χ4n) is 2.23. The number of nitrogens with zero attached hydrogens (tertiary/aromatic N) is 3. The van der Waals surface area contributed by atoms with Crippen molar-refractivity contribution in [3.63, 3.8) is 0 Å². The van der Waals surface area contributed by atoms with Gasteiger partial charge < -0.3 is 5.32 Å². The van der Waals surface area contributed by atoms with Crippen LogP contribution in [0.3, 0.4) is 0 Å². The SMILES string of the molecule is Cc1ccc(NC(=O)Cn2nccc2-c2ccncc2)cc1F. The number of hydrogen-bond donors (Lipinski definition) is 1. The summed E-state index contributed by atoms with van der Waals surface area (Å²) in [7, 11) is 0. The Bertz CT molecular complexity index is 830. The lowest BCUT2D eigenvalue weighted by molar-refractivity contribution is -0.116. The Kier molecular flexibility index (Phi) is 4.14. The Morgan fingerprint density at radius 3 is 2.70 bits per heavy atom. The second kappa shape index (κ2) is 6.39. The standard InChI is InChI=1S/C17H15FN4O/c1-12-2-3-14(10-15(12)18)21-17(23)11-22-16(6-9-20-22)13-4-7-19-8-5-13/h2-10H,11H2,1H3,(H,21,23). The number of pyridine rings is 1. The van der Waals surface area contributed by atoms with E-state index in [2.05, 4.69) is 15.4 Å². The minimum atomic E-state index is -0.348. The summed E-state index contributed by atoms with van der Waals surface area (Å²) in [5.41, 5.74) is 2.70. The molecule has 0 saturated carbocycles. The van der Waals surface area contributed by atoms with Crippen LogP contribution in [0, 0.1) is 12.7 Å². The lowest BCUT2D eigenvalue weighted by Gasteiger charge is -2.09. The predicted molar refractivity (Wildman–Crippen MR) is 85.2 cm³/mol. The number of hydrogen-bond acceptors (Lipinski definition) is 3. The topological polar surface area (TPSA) is 59.8 Å². The van der Waals surface area contributed by atoms with Crippen LogP contribution in [0.4, 0.5) is 10.1 Å². The molecule has 6 heteroatoms. The van der Waals surface area contributed by atoms with E-state index < -0.39 is 0 Å². The first-order chi connectivity index (χ1) is 11.1. The molecule has 116 valence electrons. The highest BCUT2D eigenvalue weighted by molar-refractivity contribution is 5.90. The molecule has 3 aromatic rings. The smallest absolute Gasteiger partial charge is 0.246 e. The van der Waals surface area contributed by atoms with Gasteiger partial charge in [0.1, 0.15) is 12.4 Å². The minimum absolute atomic E-state index is 0.0418. The summed E-state index contributed by atoms with van der Waals surface area (Å²) in [4.78, 5) is 16.1. The average Bonchev–Trinajstić information content (AvgIpc) is 3.00. The van der Waals surface area contributed by atoms with E-state index in [1.807, 2.05) is 18.2 Å². The monoisotopic (exact) mass is 310 g/mol. The molecule has 2 heterocycles. The number of amides is 1. The van der Waals surface area contributed by atoms with Gasteiger partial charge in [-0.3, -0.25) is 14.5 Å². The number of carbonyl (C=O) groups is 1. The third kappa shape index (κ3) is 3.42. The van der Waals surface area contributed by atoms with Crippen LogP contribution in [0.15, 0.2) is 55.0 Å². The number of nitrogens with one attached hydrogen (secondary N) is 1. The predicted octanol–water partition coefficient (Wildman–Crippen LogP) is 3.03. The fourth-order valence-corrected chi connectivity index (χ4v) is 2.23. The maximum Gasteiger partial charge on any atom is 0.246 e. The lowest BCUT2D eigenvalue weighted by atomic mass is 10.2. The molecule has 0 bridgehead atoms. The Morgan fingerprint density at radius 1 is 1.17 bits per heavy atom. The zero-order chi connectivity index (χ0) is 16.2. The Labute approximate surface area is 132 Å². The normalized spacial score (nSPS) is 10.5. The number of aromatic nitrogens is 3. The third-order valence-corrected chi connectivity index (χ3v) is 3.44. The van der Waals surface area contributed by atoms with Gasteiger partial charge >= 0.3 is 0 Å². The van der Waals surface area contributed by atoms with Crippen LogP contribution < -0.4 is 5.32 Å². The molecule has 0 saturated heterocycles. The molecule has 0 aliphatic rings. The van der Waals surface area contributed by atoms with E-state index in [0.29, 0.717) is 11.3 Å². The molecule has 1 N–H and O–H groups in total. The highest BCUT2D eigenvalue weighted by Gasteiger charge is 2.10. The third-order valence-electron chi connectivity index (χ3n) is 3.44. The number of aryl methyl sites for hydroxylation is 1. The maximum absolute atomic E-state index is 13.5. The van der Waals surface area contributed by atoms with Gasteiger partial charge in [0.15, 0.2) is 0 Å². The molecule has 0 aliphatic heterocycles. The molecular formula is C17H15FN4O. The number of carbonyl (C=O) groups excluding carboxylic acids is 1. The van der Waals surface area contributed by atoms with Crippen molar-refractivity contribution in [3.8, 4) is 11.3 Å². The van der Waals surface area contributed by atoms with Crippen molar-refractivity contribution in [2.75, 3.05) is 5.32 Å². The summed E-state index contributed by atoms with van der Waals surface area (Å²) >= 11 is 0. The number of benzene rings is 1. The maximum atomic E-state index is 13.5. The first-order valence-electron chi connectivity index (χ1n) is 7.12. The van der Waals surface area contributed by atoms with Crippen molar-refractivity contribution >= 4 is 11.6 Å². The van der Waals surface area contributed by atoms with Gasteiger partial charge in [0.2, 0.25) is 5.91 Å². The van der Waals surface area contributed by atoms with Crippen LogP contribution in [-0.2, 0) is 11.3 Å². The van der Waals surface area contributed by atoms with E-state index in [0.717, 1.165) is 11.3 Å². The van der Waals surface area contributed by atoms with Gasteiger partial charge in [0, 0.05) is 29.8 Å². The fraction of sp³-hybridized carbons (Fsp3) is 0.118. The molecule has 0 aliphatic carbocycles. The molecule has 0 spiro atoms. The molecule has 0 unspecified atom stereocenters. The number of rotatable bonds is 4. The van der Waals surface area contributed by atoms with Gasteiger partial charge in [-0.15, -0.1) is 0 Å². The molecular weight excluding hydrogens is 295 g/mol. The Morgan fingerprint density at radius 2 is 1.96 bits per heavy atom. The van der Waals surface area contributed by atoms with Crippen LogP contribution in [0.25, 0.3) is 11.3 Å². The van der Waals surface area contributed by atoms with Crippen molar-refractivity contribution in [2.45, 2.75) is 13.5 Å². The highest BCUT2D eigenvalue weighted by atomic mass is 19.1. The second-order valence-corrected chi connectivity index (χ2v) is 5.12. The van der Waals surface area contributed by atoms with Gasteiger partial charge in [0.25, 0.3) is 0 Å². The molecule has 23 heavy (non-hydrogen) atoms. The molecule has 0 atom stereocenters. The molecule has 1 aromatic carbocycles. The lowest BCUT2D eigenvalue weighted by Crippen LogP contribution is -2.20. The molecule has 0 fully saturated rings. The summed E-state index contributed by atoms with van der Waals surface area (Å²) in [5.74, 6) is -0.619. The van der Waals surface area contributed by atoms with Gasteiger partial charge in [-0.1, -0.05) is 6.07 Å². The van der Waals surface area contributed by atoms with Crippen molar-refractivity contribution in [1.29, 1.82) is 0 Å². The summed E-state index contributed by atoms with van der Waals surface area (Å²) < 4.78 is 15.1. The zero-order valence-corrected chi connectivity index (χ0v) is 12.5. The van der Waals surface area contributed by atoms with Crippen LogP contribution in [-0.4, -0.2) is 20.7 Å². The van der Waals surface area contributed by atoms with E-state index >= 15 is 0 Å². The summed E-state index contributed by atoms with van der Waals surface area (Å²) in [6.07, 6.45) is 5.00. The van der Waals surface area contributed by atoms with E-state index in [-0.39, 0.29) is 18.3 Å². The van der Waals surface area contributed by atoms with Crippen LogP contribution in [0.1, 0.15) is 5.56 Å². The van der Waals surface area contributed by atoms with Crippen molar-refractivity contribution in [1.82, 2.24) is 14.8 Å². The number of anilines is 1. The van der Waals surface area contributed by atoms with Gasteiger partial charge in [-0.25, -0.2) is 4.39 Å². The quantitative estimate of drug-likeness (QED) is 0.806. The molecule has 0 radical (unpaired) electrons. The molecule has 5 nitrogen and oxygen atoms in total. The first kappa shape index (κ1) is 14.9. The zero-order valence-electron chi connectivity index (χ0n) is 12.5. The molecule has 1 amide bonds. The second-order valence-electron chi connectivity index (χ2n) is 5.12. The van der Waals surface area contributed by atoms with Gasteiger partial charge in [-0.2, -0.15) is 5.10 Å². The largest absolute Gasteiger partial charge is 0.324 e. The average molecular weight is 310 g/mol. The Balaban J connectivity index is 1.74. The van der Waals surface area contributed by atoms with Crippen LogP contribution in [0.2, 0.25) is 0 Å². The van der Waals surface area contributed by atoms with Crippen molar-refractivity contribution in [2.24, 2.45) is 0 Å². The summed E-state index contributed by atoms with van der Waals surface area (Å²) in [5, 5.41) is 6.84. The van der Waals surface area contributed by atoms with Gasteiger partial charge in [-0.05, 0) is 42.8 Å². The summed E-state index contributed by atoms with van der Waals surface area (Å²) in [6.45, 7) is 1.71. The molecule has 3 rings (SSSR count). The summed E-state index contributed by atoms with van der Waals surface area (Å²) in [6, 6.07) is 10.1. The minimum Gasteiger partial charge on any atom is -0.324 e. The van der Waals surface area contributed by atoms with Gasteiger partial charge in [0.05, 0.1) is 5.69 Å². The molecule has 2 aromatic heterocycles. The number of halogens is 1. The first-order valence-corrected chi connectivity index (χ1v) is 7.12. The van der Waals surface area contributed by atoms with Crippen molar-refractivity contribution < 1.29 is 9.18 Å². The van der Waals surface area contributed by atoms with E-state index in [1.165, 1.54) is 6.07 Å². The van der Waals surface area contributed by atoms with Crippen LogP contribution in [0.5, 0.6) is 0 Å². The van der Waals surface area contributed by atoms with Crippen LogP contribution >= 0.6 is 0 Å². The van der Waals surface area contributed by atoms with E-state index in [1.54, 1.807) is 42.3 Å². The Hall–Kier alpha value is -3.02. The highest BCUT2D eigenvalue weighted by Crippen LogP contribution is 2.18. The van der Waals surface area contributed by atoms with Crippen molar-refractivity contribution in [3.05, 3.63) is 66.4 Å². The van der Waals surface area contributed by atoms with E-state index in [4.69, 9.17) is 0 Å².